The summed E-state index contributed by atoms with van der Waals surface area (Å²) in [7, 11) is 1.52. The minimum Gasteiger partial charge on any atom is -0.383 e. The summed E-state index contributed by atoms with van der Waals surface area (Å²) in [6, 6.07) is 1.39. The van der Waals surface area contributed by atoms with Crippen LogP contribution in [0.15, 0.2) is 12.3 Å². The number of nitrogens with zero attached hydrogens (tertiary/aromatic N) is 4. The van der Waals surface area contributed by atoms with Crippen LogP contribution < -0.4 is 0 Å². The van der Waals surface area contributed by atoms with Gasteiger partial charge >= 0.3 is 0 Å². The number of aryl methyl sites for hydroxylation is 1. The summed E-state index contributed by atoms with van der Waals surface area (Å²) in [6.45, 7) is 3.54. The van der Waals surface area contributed by atoms with Gasteiger partial charge in [0.05, 0.1) is 13.2 Å². The number of halogens is 2. The van der Waals surface area contributed by atoms with Crippen LogP contribution in [0, 0.1) is 0 Å². The van der Waals surface area contributed by atoms with Crippen LogP contribution in [-0.4, -0.2) is 76.8 Å². The molecule has 1 amide bonds. The van der Waals surface area contributed by atoms with E-state index in [2.05, 4.69) is 5.10 Å². The van der Waals surface area contributed by atoms with Gasteiger partial charge in [-0.3, -0.25) is 14.4 Å². The number of carbonyl (C=O) groups is 1. The van der Waals surface area contributed by atoms with E-state index in [1.807, 2.05) is 6.92 Å². The summed E-state index contributed by atoms with van der Waals surface area (Å²) < 4.78 is 34.1. The van der Waals surface area contributed by atoms with Gasteiger partial charge in [-0.2, -0.15) is 5.10 Å². The molecule has 2 aliphatic rings. The first-order chi connectivity index (χ1) is 10.9. The predicted octanol–water partition coefficient (Wildman–Crippen LogP) is 1.08. The zero-order valence-electron chi connectivity index (χ0n) is 13.4. The van der Waals surface area contributed by atoms with Gasteiger partial charge in [0.2, 0.25) is 0 Å². The van der Waals surface area contributed by atoms with E-state index >= 15 is 0 Å². The minimum absolute atomic E-state index is 0.0227. The van der Waals surface area contributed by atoms with Gasteiger partial charge in [0, 0.05) is 51.4 Å². The third-order valence-corrected chi connectivity index (χ3v) is 4.63. The Hall–Kier alpha value is -1.54. The number of aromatic nitrogens is 2. The lowest BCUT2D eigenvalue weighted by molar-refractivity contribution is -0.0139. The zero-order valence-corrected chi connectivity index (χ0v) is 13.4. The average molecular weight is 328 g/mol. The number of hydrogen-bond donors (Lipinski definition) is 0. The topological polar surface area (TPSA) is 50.6 Å². The van der Waals surface area contributed by atoms with E-state index in [-0.39, 0.29) is 31.0 Å². The van der Waals surface area contributed by atoms with Crippen LogP contribution in [0.3, 0.4) is 0 Å². The highest BCUT2D eigenvalue weighted by molar-refractivity contribution is 5.93. The molecule has 0 N–H and O–H groups in total. The monoisotopic (exact) mass is 328 g/mol. The van der Waals surface area contributed by atoms with Crippen molar-refractivity contribution in [3.8, 4) is 0 Å². The number of ether oxygens (including phenoxy) is 1. The van der Waals surface area contributed by atoms with E-state index in [4.69, 9.17) is 4.74 Å². The maximum atomic E-state index is 13.7. The first kappa shape index (κ1) is 16.3. The molecule has 1 aromatic heterocycles. The minimum atomic E-state index is -2.67. The summed E-state index contributed by atoms with van der Waals surface area (Å²) in [5, 5.41) is 4.09. The Kier molecular flexibility index (Phi) is 4.37. The number of alkyl halides is 2. The Morgan fingerprint density at radius 2 is 2.22 bits per heavy atom. The van der Waals surface area contributed by atoms with Crippen molar-refractivity contribution in [1.82, 2.24) is 19.6 Å². The SMILES string of the molecule is CCn1nccc1C(=O)N1CC(N2CC(F)(F)C[C@H]2COC)C1. The molecule has 1 aromatic rings. The molecule has 2 aliphatic heterocycles. The molecule has 0 spiro atoms. The Labute approximate surface area is 134 Å². The number of rotatable bonds is 5. The van der Waals surface area contributed by atoms with Gasteiger partial charge in [-0.15, -0.1) is 0 Å². The quantitative estimate of drug-likeness (QED) is 0.812. The second kappa shape index (κ2) is 6.16. The molecule has 0 aliphatic carbocycles. The predicted molar refractivity (Wildman–Crippen MR) is 79.5 cm³/mol. The van der Waals surface area contributed by atoms with Crippen LogP contribution in [0.1, 0.15) is 23.8 Å². The molecule has 0 saturated carbocycles. The van der Waals surface area contributed by atoms with E-state index < -0.39 is 5.92 Å². The summed E-state index contributed by atoms with van der Waals surface area (Å²) in [4.78, 5) is 15.9. The van der Waals surface area contributed by atoms with E-state index in [9.17, 15) is 13.6 Å². The molecular formula is C15H22F2N4O2. The number of carbonyl (C=O) groups excluding carboxylic acids is 1. The fourth-order valence-corrected chi connectivity index (χ4v) is 3.46. The van der Waals surface area contributed by atoms with Gasteiger partial charge in [0.15, 0.2) is 0 Å². The fraction of sp³-hybridized carbons (Fsp3) is 0.733. The second-order valence-electron chi connectivity index (χ2n) is 6.24. The molecule has 0 aromatic carbocycles. The van der Waals surface area contributed by atoms with Gasteiger partial charge in [-0.25, -0.2) is 8.78 Å². The maximum Gasteiger partial charge on any atom is 0.272 e. The molecule has 3 rings (SSSR count). The first-order valence-electron chi connectivity index (χ1n) is 7.88. The number of methoxy groups -OCH3 is 1. The molecule has 2 fully saturated rings. The van der Waals surface area contributed by atoms with Gasteiger partial charge in [-0.05, 0) is 13.0 Å². The standard InChI is InChI=1S/C15H22F2N4O2/c1-3-21-13(4-5-18-21)14(22)19-7-12(8-19)20-10-15(16,17)6-11(20)9-23-2/h4-5,11-12H,3,6-10H2,1-2H3/t11-/m0/s1. The zero-order chi connectivity index (χ0) is 16.6. The summed E-state index contributed by atoms with van der Waals surface area (Å²) in [6.07, 6.45) is 1.43. The summed E-state index contributed by atoms with van der Waals surface area (Å²) in [5.74, 6) is -2.76. The van der Waals surface area contributed by atoms with Gasteiger partial charge in [0.1, 0.15) is 5.69 Å². The van der Waals surface area contributed by atoms with Crippen LogP contribution >= 0.6 is 0 Å². The Bertz CT molecular complexity index is 572. The van der Waals surface area contributed by atoms with E-state index in [0.29, 0.717) is 31.9 Å². The smallest absolute Gasteiger partial charge is 0.272 e. The molecule has 6 nitrogen and oxygen atoms in total. The first-order valence-corrected chi connectivity index (χ1v) is 7.88. The molecule has 3 heterocycles. The fourth-order valence-electron chi connectivity index (χ4n) is 3.46. The van der Waals surface area contributed by atoms with Crippen LogP contribution in [0.2, 0.25) is 0 Å². The Balaban J connectivity index is 1.61. The highest BCUT2D eigenvalue weighted by Crippen LogP contribution is 2.35. The van der Waals surface area contributed by atoms with E-state index in [0.717, 1.165) is 0 Å². The van der Waals surface area contributed by atoms with Crippen molar-refractivity contribution < 1.29 is 18.3 Å². The lowest BCUT2D eigenvalue weighted by atomic mass is 10.1. The van der Waals surface area contributed by atoms with Crippen molar-refractivity contribution in [3.05, 3.63) is 18.0 Å². The Morgan fingerprint density at radius 3 is 2.87 bits per heavy atom. The van der Waals surface area contributed by atoms with Gasteiger partial charge in [-0.1, -0.05) is 0 Å². The lowest BCUT2D eigenvalue weighted by Crippen LogP contribution is -2.62. The van der Waals surface area contributed by atoms with E-state index in [1.165, 1.54) is 7.11 Å². The number of likely N-dealkylation sites (tertiary alicyclic amines) is 2. The van der Waals surface area contributed by atoms with Crippen LogP contribution in [0.25, 0.3) is 0 Å². The molecule has 0 radical (unpaired) electrons. The van der Waals surface area contributed by atoms with Crippen molar-refractivity contribution in [2.45, 2.75) is 37.9 Å². The van der Waals surface area contributed by atoms with Crippen molar-refractivity contribution in [1.29, 1.82) is 0 Å². The normalized spacial score (nSPS) is 24.9. The number of hydrogen-bond acceptors (Lipinski definition) is 4. The largest absolute Gasteiger partial charge is 0.383 e. The molecule has 1 atom stereocenters. The summed E-state index contributed by atoms with van der Waals surface area (Å²) >= 11 is 0. The molecule has 0 unspecified atom stereocenters. The van der Waals surface area contributed by atoms with E-state index in [1.54, 1.807) is 26.7 Å². The molecule has 2 saturated heterocycles. The molecular weight excluding hydrogens is 306 g/mol. The third-order valence-electron chi connectivity index (χ3n) is 4.63. The molecule has 0 bridgehead atoms. The van der Waals surface area contributed by atoms with Crippen molar-refractivity contribution >= 4 is 5.91 Å². The number of amides is 1. The molecule has 128 valence electrons. The second-order valence-corrected chi connectivity index (χ2v) is 6.24. The average Bonchev–Trinajstić information content (AvgIpc) is 3.02. The van der Waals surface area contributed by atoms with Crippen LogP contribution in [0.5, 0.6) is 0 Å². The molecule has 23 heavy (non-hydrogen) atoms. The van der Waals surface area contributed by atoms with Crippen LogP contribution in [0.4, 0.5) is 8.78 Å². The maximum absolute atomic E-state index is 13.7. The highest BCUT2D eigenvalue weighted by Gasteiger charge is 2.50. The molecule has 8 heteroatoms. The van der Waals surface area contributed by atoms with Crippen LogP contribution in [-0.2, 0) is 11.3 Å². The van der Waals surface area contributed by atoms with Gasteiger partial charge < -0.3 is 9.64 Å². The van der Waals surface area contributed by atoms with Crippen molar-refractivity contribution in [2.75, 3.05) is 33.4 Å². The van der Waals surface area contributed by atoms with Crippen molar-refractivity contribution in [2.24, 2.45) is 0 Å². The van der Waals surface area contributed by atoms with Crippen molar-refractivity contribution in [3.63, 3.8) is 0 Å². The highest BCUT2D eigenvalue weighted by atomic mass is 19.3. The summed E-state index contributed by atoms with van der Waals surface area (Å²) in [5.41, 5.74) is 0.547. The third kappa shape index (κ3) is 3.10. The van der Waals surface area contributed by atoms with Gasteiger partial charge in [0.25, 0.3) is 11.8 Å². The Morgan fingerprint density at radius 1 is 1.48 bits per heavy atom. The lowest BCUT2D eigenvalue weighted by Gasteiger charge is -2.45.